The van der Waals surface area contributed by atoms with E-state index in [2.05, 4.69) is 15.2 Å². The van der Waals surface area contributed by atoms with Crippen LogP contribution in [0.4, 0.5) is 0 Å². The molecule has 0 radical (unpaired) electrons. The number of hydrogen-bond acceptors (Lipinski definition) is 4. The zero-order valence-corrected chi connectivity index (χ0v) is 20.9. The molecule has 1 aromatic heterocycles. The molecule has 0 saturated carbocycles. The van der Waals surface area contributed by atoms with Crippen molar-refractivity contribution in [3.05, 3.63) is 64.9 Å². The topological polar surface area (TPSA) is 65.5 Å². The third-order valence-electron chi connectivity index (χ3n) is 7.36. The van der Waals surface area contributed by atoms with Crippen LogP contribution in [0.2, 0.25) is 5.02 Å². The Morgan fingerprint density at radius 1 is 1.12 bits per heavy atom. The van der Waals surface area contributed by atoms with E-state index in [4.69, 9.17) is 11.6 Å². The maximum Gasteiger partial charge on any atom is 0.229 e. The first-order chi connectivity index (χ1) is 16.4. The number of aromatic nitrogens is 1. The van der Waals surface area contributed by atoms with Crippen molar-refractivity contribution >= 4 is 23.4 Å². The molecule has 1 atom stereocenters. The summed E-state index contributed by atoms with van der Waals surface area (Å²) in [6, 6.07) is 11.6. The summed E-state index contributed by atoms with van der Waals surface area (Å²) >= 11 is 6.07. The Morgan fingerprint density at radius 3 is 2.47 bits per heavy atom. The lowest BCUT2D eigenvalue weighted by molar-refractivity contribution is -0.139. The van der Waals surface area contributed by atoms with E-state index in [1.165, 1.54) is 0 Å². The number of benzene rings is 1. The normalized spacial score (nSPS) is 19.1. The van der Waals surface area contributed by atoms with E-state index in [9.17, 15) is 9.59 Å². The van der Waals surface area contributed by atoms with Crippen molar-refractivity contribution in [2.75, 3.05) is 26.2 Å². The molecule has 1 aromatic carbocycles. The highest BCUT2D eigenvalue weighted by Gasteiger charge is 2.47. The van der Waals surface area contributed by atoms with Gasteiger partial charge >= 0.3 is 0 Å². The van der Waals surface area contributed by atoms with E-state index in [1.807, 2.05) is 61.3 Å². The molecule has 2 aromatic rings. The third kappa shape index (κ3) is 5.78. The molecule has 2 fully saturated rings. The van der Waals surface area contributed by atoms with Crippen molar-refractivity contribution in [3.63, 3.8) is 0 Å². The van der Waals surface area contributed by atoms with Crippen LogP contribution < -0.4 is 5.32 Å². The number of rotatable bonds is 8. The molecule has 0 aliphatic carbocycles. The van der Waals surface area contributed by atoms with E-state index < -0.39 is 0 Å². The summed E-state index contributed by atoms with van der Waals surface area (Å²) < 4.78 is 0. The summed E-state index contributed by atoms with van der Waals surface area (Å²) in [5, 5.41) is 3.89. The van der Waals surface area contributed by atoms with E-state index in [0.717, 1.165) is 63.0 Å². The Hall–Kier alpha value is -2.44. The molecule has 2 aliphatic rings. The second kappa shape index (κ2) is 10.9. The molecule has 34 heavy (non-hydrogen) atoms. The molecule has 0 bridgehead atoms. The molecule has 7 heteroatoms. The van der Waals surface area contributed by atoms with Gasteiger partial charge in [0, 0.05) is 43.0 Å². The molecule has 2 aliphatic heterocycles. The molecule has 182 valence electrons. The SMILES string of the molecule is CC(C)C(=O)NC(CCN1CCC2(CC1)CCN(Cc1cccnc1)C2=O)c1ccc(Cl)cc1. The predicted octanol–water partition coefficient (Wildman–Crippen LogP) is 4.45. The predicted molar refractivity (Wildman–Crippen MR) is 134 cm³/mol. The molecule has 1 N–H and O–H groups in total. The van der Waals surface area contributed by atoms with Gasteiger partial charge in [0.15, 0.2) is 0 Å². The first kappa shape index (κ1) is 24.7. The van der Waals surface area contributed by atoms with Crippen molar-refractivity contribution in [3.8, 4) is 0 Å². The smallest absolute Gasteiger partial charge is 0.229 e. The Kier molecular flexibility index (Phi) is 7.89. The number of nitrogens with one attached hydrogen (secondary N) is 1. The largest absolute Gasteiger partial charge is 0.349 e. The van der Waals surface area contributed by atoms with Gasteiger partial charge in [0.2, 0.25) is 11.8 Å². The van der Waals surface area contributed by atoms with Gasteiger partial charge < -0.3 is 15.1 Å². The lowest BCUT2D eigenvalue weighted by Crippen LogP contribution is -2.45. The highest BCUT2D eigenvalue weighted by molar-refractivity contribution is 6.30. The summed E-state index contributed by atoms with van der Waals surface area (Å²) in [5.41, 5.74) is 1.95. The first-order valence-electron chi connectivity index (χ1n) is 12.3. The number of likely N-dealkylation sites (tertiary alicyclic amines) is 2. The highest BCUT2D eigenvalue weighted by Crippen LogP contribution is 2.42. The summed E-state index contributed by atoms with van der Waals surface area (Å²) in [6.45, 7) is 8.01. The van der Waals surface area contributed by atoms with Crippen LogP contribution in [0.1, 0.15) is 56.7 Å². The van der Waals surface area contributed by atoms with Gasteiger partial charge in [0.25, 0.3) is 0 Å². The van der Waals surface area contributed by atoms with Gasteiger partial charge in [-0.15, -0.1) is 0 Å². The molecule has 6 nitrogen and oxygen atoms in total. The van der Waals surface area contributed by atoms with Crippen molar-refractivity contribution in [2.45, 2.75) is 52.1 Å². The number of halogens is 1. The zero-order valence-electron chi connectivity index (χ0n) is 20.2. The number of carbonyl (C=O) groups is 2. The van der Waals surface area contributed by atoms with Crippen LogP contribution in [0.15, 0.2) is 48.8 Å². The minimum atomic E-state index is -0.208. The molecule has 1 spiro atoms. The van der Waals surface area contributed by atoms with E-state index in [1.54, 1.807) is 6.20 Å². The molecule has 1 unspecified atom stereocenters. The number of carbonyl (C=O) groups excluding carboxylic acids is 2. The van der Waals surface area contributed by atoms with Gasteiger partial charge in [-0.25, -0.2) is 0 Å². The van der Waals surface area contributed by atoms with Gasteiger partial charge in [0.05, 0.1) is 11.5 Å². The van der Waals surface area contributed by atoms with Crippen molar-refractivity contribution in [1.82, 2.24) is 20.1 Å². The maximum atomic E-state index is 13.3. The fourth-order valence-corrected chi connectivity index (χ4v) is 5.22. The number of piperidine rings is 1. The fourth-order valence-electron chi connectivity index (χ4n) is 5.09. The van der Waals surface area contributed by atoms with Gasteiger partial charge in [-0.05, 0) is 68.1 Å². The minimum Gasteiger partial charge on any atom is -0.349 e. The maximum absolute atomic E-state index is 13.3. The Morgan fingerprint density at radius 2 is 1.82 bits per heavy atom. The summed E-state index contributed by atoms with van der Waals surface area (Å²) in [6.07, 6.45) is 7.18. The standard InChI is InChI=1S/C27H35ClN4O2/c1-20(2)25(33)30-24(22-5-7-23(28)8-6-22)9-14-31-15-10-27(11-16-31)12-17-32(26(27)34)19-21-4-3-13-29-18-21/h3-8,13,18,20,24H,9-12,14-17,19H2,1-2H3,(H,30,33). The monoisotopic (exact) mass is 482 g/mol. The molecule has 4 rings (SSSR count). The second-order valence-electron chi connectivity index (χ2n) is 10.0. The molecule has 2 amide bonds. The summed E-state index contributed by atoms with van der Waals surface area (Å²) in [4.78, 5) is 34.3. The van der Waals surface area contributed by atoms with Crippen molar-refractivity contribution in [2.24, 2.45) is 11.3 Å². The lowest BCUT2D eigenvalue weighted by Gasteiger charge is -2.38. The van der Waals surface area contributed by atoms with Gasteiger partial charge in [0.1, 0.15) is 0 Å². The van der Waals surface area contributed by atoms with Crippen LogP contribution in [0.3, 0.4) is 0 Å². The van der Waals surface area contributed by atoms with Crippen LogP contribution in [-0.4, -0.2) is 52.8 Å². The third-order valence-corrected chi connectivity index (χ3v) is 7.61. The Labute approximate surface area is 207 Å². The average Bonchev–Trinajstić information content (AvgIpc) is 3.13. The lowest BCUT2D eigenvalue weighted by atomic mass is 9.77. The number of pyridine rings is 1. The van der Waals surface area contributed by atoms with E-state index >= 15 is 0 Å². The molecule has 2 saturated heterocycles. The number of hydrogen-bond donors (Lipinski definition) is 1. The van der Waals surface area contributed by atoms with Crippen LogP contribution in [-0.2, 0) is 16.1 Å². The average molecular weight is 483 g/mol. The molecular formula is C27H35ClN4O2. The van der Waals surface area contributed by atoms with Crippen molar-refractivity contribution < 1.29 is 9.59 Å². The first-order valence-corrected chi connectivity index (χ1v) is 12.7. The Bertz CT molecular complexity index is 972. The quantitative estimate of drug-likeness (QED) is 0.603. The van der Waals surface area contributed by atoms with E-state index in [0.29, 0.717) is 17.5 Å². The van der Waals surface area contributed by atoms with Crippen LogP contribution >= 0.6 is 11.6 Å². The second-order valence-corrected chi connectivity index (χ2v) is 10.5. The van der Waals surface area contributed by atoms with Gasteiger partial charge in [-0.3, -0.25) is 14.6 Å². The molecular weight excluding hydrogens is 448 g/mol. The van der Waals surface area contributed by atoms with Crippen LogP contribution in [0.25, 0.3) is 0 Å². The Balaban J connectivity index is 1.32. The summed E-state index contributed by atoms with van der Waals surface area (Å²) in [7, 11) is 0. The minimum absolute atomic E-state index is 0.0499. The van der Waals surface area contributed by atoms with Crippen LogP contribution in [0, 0.1) is 11.3 Å². The number of amides is 2. The number of nitrogens with zero attached hydrogens (tertiary/aromatic N) is 3. The van der Waals surface area contributed by atoms with Gasteiger partial charge in [-0.1, -0.05) is 43.6 Å². The zero-order chi connectivity index (χ0) is 24.1. The van der Waals surface area contributed by atoms with Crippen molar-refractivity contribution in [1.29, 1.82) is 0 Å². The highest BCUT2D eigenvalue weighted by atomic mass is 35.5. The van der Waals surface area contributed by atoms with Crippen LogP contribution in [0.5, 0.6) is 0 Å². The van der Waals surface area contributed by atoms with Gasteiger partial charge in [-0.2, -0.15) is 0 Å². The fraction of sp³-hybridized carbons (Fsp3) is 0.519. The summed E-state index contributed by atoms with van der Waals surface area (Å²) in [5.74, 6) is 0.301. The van der Waals surface area contributed by atoms with E-state index in [-0.39, 0.29) is 23.3 Å². The molecule has 3 heterocycles.